The number of amides is 2. The Labute approximate surface area is 181 Å². The summed E-state index contributed by atoms with van der Waals surface area (Å²) in [4.78, 5) is 23.9. The second kappa shape index (κ2) is 9.16. The minimum Gasteiger partial charge on any atom is -0.507 e. The molecule has 0 aliphatic carbocycles. The Balaban J connectivity index is 2.37. The molecule has 0 atom stereocenters. The lowest BCUT2D eigenvalue weighted by molar-refractivity contribution is 0.0519. The van der Waals surface area contributed by atoms with Crippen LogP contribution in [0.15, 0.2) is 30.5 Å². The van der Waals surface area contributed by atoms with Crippen LogP contribution in [-0.4, -0.2) is 33.6 Å². The molecule has 8 heteroatoms. The highest BCUT2D eigenvalue weighted by atomic mass is 16.6. The van der Waals surface area contributed by atoms with Gasteiger partial charge in [-0.3, -0.25) is 5.32 Å². The number of hydrogen-bond donors (Lipinski definition) is 4. The predicted molar refractivity (Wildman–Crippen MR) is 119 cm³/mol. The Morgan fingerprint density at radius 2 is 1.42 bits per heavy atom. The number of phenols is 2. The first kappa shape index (κ1) is 23.9. The van der Waals surface area contributed by atoms with Crippen molar-refractivity contribution in [1.29, 1.82) is 0 Å². The number of ether oxygens (including phenoxy) is 2. The van der Waals surface area contributed by atoms with Crippen molar-refractivity contribution in [1.82, 2.24) is 10.6 Å². The van der Waals surface area contributed by atoms with Gasteiger partial charge in [0.25, 0.3) is 0 Å². The SMILES string of the molecule is CC(C)(C)OC(=O)NC=Cc1c(CNC(=O)OC(C)(C)C)c(O)c2ccccc2c1O. The van der Waals surface area contributed by atoms with Crippen molar-refractivity contribution < 1.29 is 29.3 Å². The average Bonchev–Trinajstić information content (AvgIpc) is 2.62. The van der Waals surface area contributed by atoms with E-state index >= 15 is 0 Å². The fourth-order valence-corrected chi connectivity index (χ4v) is 2.81. The van der Waals surface area contributed by atoms with E-state index in [1.165, 1.54) is 12.3 Å². The average molecular weight is 431 g/mol. The van der Waals surface area contributed by atoms with Crippen LogP contribution in [0, 0.1) is 0 Å². The molecule has 31 heavy (non-hydrogen) atoms. The van der Waals surface area contributed by atoms with Gasteiger partial charge in [0.15, 0.2) is 0 Å². The zero-order chi connectivity index (χ0) is 23.4. The quantitative estimate of drug-likeness (QED) is 0.519. The number of rotatable bonds is 4. The lowest BCUT2D eigenvalue weighted by atomic mass is 9.97. The predicted octanol–water partition coefficient (Wildman–Crippen LogP) is 4.77. The Hall–Kier alpha value is -3.42. The van der Waals surface area contributed by atoms with Gasteiger partial charge in [-0.05, 0) is 47.6 Å². The molecule has 0 aromatic heterocycles. The molecule has 2 aromatic carbocycles. The summed E-state index contributed by atoms with van der Waals surface area (Å²) in [6.45, 7) is 10.3. The molecule has 0 bridgehead atoms. The highest BCUT2D eigenvalue weighted by molar-refractivity contribution is 5.97. The van der Waals surface area contributed by atoms with Crippen LogP contribution in [0.25, 0.3) is 16.8 Å². The molecular formula is C23H30N2O6. The van der Waals surface area contributed by atoms with Crippen LogP contribution >= 0.6 is 0 Å². The third kappa shape index (κ3) is 6.80. The summed E-state index contributed by atoms with van der Waals surface area (Å²) in [6, 6.07) is 6.78. The number of carbonyl (C=O) groups is 2. The van der Waals surface area contributed by atoms with Crippen LogP contribution in [0.4, 0.5) is 9.59 Å². The molecule has 0 aliphatic heterocycles. The zero-order valence-electron chi connectivity index (χ0n) is 18.7. The molecule has 2 rings (SSSR count). The zero-order valence-corrected chi connectivity index (χ0v) is 18.7. The van der Waals surface area contributed by atoms with Gasteiger partial charge < -0.3 is 25.0 Å². The number of hydrogen-bond acceptors (Lipinski definition) is 6. The van der Waals surface area contributed by atoms with E-state index in [-0.39, 0.29) is 29.2 Å². The molecule has 0 heterocycles. The van der Waals surface area contributed by atoms with Gasteiger partial charge in [-0.15, -0.1) is 0 Å². The van der Waals surface area contributed by atoms with Crippen LogP contribution in [0.3, 0.4) is 0 Å². The van der Waals surface area contributed by atoms with E-state index in [9.17, 15) is 19.8 Å². The summed E-state index contributed by atoms with van der Waals surface area (Å²) in [5.74, 6) is -0.196. The first-order chi connectivity index (χ1) is 14.3. The van der Waals surface area contributed by atoms with Crippen LogP contribution < -0.4 is 10.6 Å². The van der Waals surface area contributed by atoms with E-state index in [2.05, 4.69) is 10.6 Å². The maximum absolute atomic E-state index is 12.1. The minimum absolute atomic E-state index is 0.0959. The molecule has 0 saturated carbocycles. The summed E-state index contributed by atoms with van der Waals surface area (Å²) in [5, 5.41) is 27.5. The second-order valence-electron chi connectivity index (χ2n) is 8.97. The molecular weight excluding hydrogens is 400 g/mol. The van der Waals surface area contributed by atoms with E-state index in [0.29, 0.717) is 10.8 Å². The highest BCUT2D eigenvalue weighted by Gasteiger charge is 2.20. The van der Waals surface area contributed by atoms with E-state index in [4.69, 9.17) is 9.47 Å². The van der Waals surface area contributed by atoms with Crippen molar-refractivity contribution in [2.24, 2.45) is 0 Å². The van der Waals surface area contributed by atoms with Crippen LogP contribution in [0.1, 0.15) is 52.7 Å². The number of phenolic OH excluding ortho intramolecular Hbond substituents is 2. The standard InChI is InChI=1S/C23H30N2O6/c1-22(2,3)30-20(28)24-12-11-16-17(13-25-21(29)31-23(4,5)6)19(27)15-10-8-7-9-14(15)18(16)26/h7-12,26-27H,13H2,1-6H3,(H,24,28)(H,25,29). The van der Waals surface area contributed by atoms with Crippen LogP contribution in [0.2, 0.25) is 0 Å². The van der Waals surface area contributed by atoms with E-state index in [1.807, 2.05) is 0 Å². The maximum atomic E-state index is 12.1. The highest BCUT2D eigenvalue weighted by Crippen LogP contribution is 2.40. The molecule has 168 valence electrons. The molecule has 0 radical (unpaired) electrons. The summed E-state index contributed by atoms with van der Waals surface area (Å²) in [7, 11) is 0. The lowest BCUT2D eigenvalue weighted by Gasteiger charge is -2.21. The number of fused-ring (bicyclic) bond motifs is 1. The summed E-state index contributed by atoms with van der Waals surface area (Å²) < 4.78 is 10.4. The Kier molecular flexibility index (Phi) is 7.05. The topological polar surface area (TPSA) is 117 Å². The van der Waals surface area contributed by atoms with Crippen molar-refractivity contribution in [3.8, 4) is 11.5 Å². The third-order valence-electron chi connectivity index (χ3n) is 3.96. The smallest absolute Gasteiger partial charge is 0.411 e. The molecule has 0 unspecified atom stereocenters. The molecule has 0 fully saturated rings. The van der Waals surface area contributed by atoms with Crippen molar-refractivity contribution in [2.75, 3.05) is 0 Å². The normalized spacial score (nSPS) is 12.1. The van der Waals surface area contributed by atoms with Gasteiger partial charge in [0.1, 0.15) is 22.7 Å². The lowest BCUT2D eigenvalue weighted by Crippen LogP contribution is -2.32. The summed E-state index contributed by atoms with van der Waals surface area (Å²) in [6.07, 6.45) is 1.40. The Morgan fingerprint density at radius 3 is 1.97 bits per heavy atom. The minimum atomic E-state index is -0.683. The molecule has 0 spiro atoms. The number of nitrogens with one attached hydrogen (secondary N) is 2. The van der Waals surface area contributed by atoms with Crippen molar-refractivity contribution >= 4 is 29.0 Å². The van der Waals surface area contributed by atoms with Gasteiger partial charge in [-0.1, -0.05) is 24.3 Å². The first-order valence-corrected chi connectivity index (χ1v) is 9.87. The van der Waals surface area contributed by atoms with Crippen molar-refractivity contribution in [3.63, 3.8) is 0 Å². The molecule has 8 nitrogen and oxygen atoms in total. The fourth-order valence-electron chi connectivity index (χ4n) is 2.81. The van der Waals surface area contributed by atoms with Gasteiger partial charge in [-0.25, -0.2) is 9.59 Å². The van der Waals surface area contributed by atoms with Crippen molar-refractivity contribution in [3.05, 3.63) is 41.6 Å². The first-order valence-electron chi connectivity index (χ1n) is 9.87. The maximum Gasteiger partial charge on any atom is 0.411 e. The van der Waals surface area contributed by atoms with Crippen LogP contribution in [0.5, 0.6) is 11.5 Å². The van der Waals surface area contributed by atoms with Crippen molar-refractivity contribution in [2.45, 2.75) is 59.3 Å². The molecule has 2 amide bonds. The second-order valence-corrected chi connectivity index (χ2v) is 8.97. The summed E-state index contributed by atoms with van der Waals surface area (Å²) in [5.41, 5.74) is -0.839. The van der Waals surface area contributed by atoms with E-state index in [1.54, 1.807) is 65.8 Å². The van der Waals surface area contributed by atoms with Gasteiger partial charge in [-0.2, -0.15) is 0 Å². The molecule has 0 saturated heterocycles. The van der Waals surface area contributed by atoms with Gasteiger partial charge in [0.05, 0.1) is 6.54 Å². The summed E-state index contributed by atoms with van der Waals surface area (Å²) >= 11 is 0. The number of aromatic hydroxyl groups is 2. The largest absolute Gasteiger partial charge is 0.507 e. The Bertz CT molecular complexity index is 1000. The van der Waals surface area contributed by atoms with E-state index in [0.717, 1.165) is 0 Å². The molecule has 0 aliphatic rings. The Morgan fingerprint density at radius 1 is 0.903 bits per heavy atom. The van der Waals surface area contributed by atoms with Crippen LogP contribution in [-0.2, 0) is 16.0 Å². The fraction of sp³-hybridized carbons (Fsp3) is 0.391. The van der Waals surface area contributed by atoms with Gasteiger partial charge >= 0.3 is 12.2 Å². The number of alkyl carbamates (subject to hydrolysis) is 2. The monoisotopic (exact) mass is 430 g/mol. The number of benzene rings is 2. The van der Waals surface area contributed by atoms with E-state index < -0.39 is 23.4 Å². The van der Waals surface area contributed by atoms with Gasteiger partial charge in [0, 0.05) is 28.1 Å². The molecule has 4 N–H and O–H groups in total. The third-order valence-corrected chi connectivity index (χ3v) is 3.96. The number of carbonyl (C=O) groups excluding carboxylic acids is 2. The van der Waals surface area contributed by atoms with Gasteiger partial charge in [0.2, 0.25) is 0 Å². The molecule has 2 aromatic rings.